The molecule has 5 nitrogen and oxygen atoms in total. The molecule has 0 aromatic heterocycles. The average molecular weight is 353 g/mol. The van der Waals surface area contributed by atoms with Crippen LogP contribution in [0.5, 0.6) is 0 Å². The van der Waals surface area contributed by atoms with Crippen LogP contribution in [0.25, 0.3) is 0 Å². The van der Waals surface area contributed by atoms with Gasteiger partial charge in [-0.2, -0.15) is 0 Å². The van der Waals surface area contributed by atoms with Crippen molar-refractivity contribution in [2.24, 2.45) is 0 Å². The van der Waals surface area contributed by atoms with Crippen LogP contribution in [0.3, 0.4) is 0 Å². The Labute approximate surface area is 144 Å². The zero-order chi connectivity index (χ0) is 18.0. The molecule has 0 N–H and O–H groups in total. The molecule has 1 heterocycles. The van der Waals surface area contributed by atoms with E-state index in [2.05, 4.69) is 20.8 Å². The van der Waals surface area contributed by atoms with Gasteiger partial charge in [-0.15, -0.1) is 0 Å². The highest BCUT2D eigenvalue weighted by Crippen LogP contribution is 2.24. The van der Waals surface area contributed by atoms with E-state index in [1.807, 2.05) is 24.3 Å². The number of nitrogens with zero attached hydrogens (tertiary/aromatic N) is 1. The highest BCUT2D eigenvalue weighted by atomic mass is 32.2. The van der Waals surface area contributed by atoms with Crippen molar-refractivity contribution in [3.63, 3.8) is 0 Å². The van der Waals surface area contributed by atoms with Crippen LogP contribution >= 0.6 is 0 Å². The number of carbonyl (C=O) groups excluding carboxylic acids is 1. The lowest BCUT2D eigenvalue weighted by Crippen LogP contribution is -2.43. The lowest BCUT2D eigenvalue weighted by atomic mass is 9.86. The Balaban J connectivity index is 2.21. The van der Waals surface area contributed by atoms with Crippen LogP contribution in [-0.4, -0.2) is 57.0 Å². The van der Waals surface area contributed by atoms with E-state index < -0.39 is 9.84 Å². The fourth-order valence-electron chi connectivity index (χ4n) is 2.94. The maximum Gasteiger partial charge on any atom is 0.254 e. The van der Waals surface area contributed by atoms with Gasteiger partial charge in [0.05, 0.1) is 18.1 Å². The van der Waals surface area contributed by atoms with E-state index in [1.165, 1.54) is 0 Å². The fraction of sp³-hybridized carbons (Fsp3) is 0.611. The Morgan fingerprint density at radius 3 is 2.33 bits per heavy atom. The van der Waals surface area contributed by atoms with Gasteiger partial charge < -0.3 is 9.64 Å². The van der Waals surface area contributed by atoms with Crippen molar-refractivity contribution in [3.8, 4) is 0 Å². The van der Waals surface area contributed by atoms with Crippen LogP contribution in [0.15, 0.2) is 24.3 Å². The number of methoxy groups -OCH3 is 1. The first kappa shape index (κ1) is 18.9. The van der Waals surface area contributed by atoms with Gasteiger partial charge in [-0.25, -0.2) is 8.42 Å². The number of rotatable bonds is 5. The zero-order valence-corrected chi connectivity index (χ0v) is 15.7. The Bertz CT molecular complexity index is 674. The van der Waals surface area contributed by atoms with Gasteiger partial charge in [0, 0.05) is 25.3 Å². The molecule has 1 saturated heterocycles. The van der Waals surface area contributed by atoms with E-state index in [-0.39, 0.29) is 28.9 Å². The van der Waals surface area contributed by atoms with Crippen LogP contribution in [0.2, 0.25) is 0 Å². The Kier molecular flexibility index (Phi) is 5.71. The second kappa shape index (κ2) is 7.23. The molecule has 1 atom stereocenters. The molecule has 1 amide bonds. The molecule has 1 aromatic carbocycles. The third-order valence-corrected chi connectivity index (χ3v) is 6.19. The molecule has 6 heteroatoms. The van der Waals surface area contributed by atoms with Crippen LogP contribution < -0.4 is 0 Å². The number of carbonyl (C=O) groups is 1. The van der Waals surface area contributed by atoms with Gasteiger partial charge in [0.25, 0.3) is 5.91 Å². The number of hydrogen-bond donors (Lipinski definition) is 0. The molecule has 1 aliphatic heterocycles. The quantitative estimate of drug-likeness (QED) is 0.814. The summed E-state index contributed by atoms with van der Waals surface area (Å²) in [7, 11) is -1.47. The Morgan fingerprint density at radius 2 is 1.88 bits per heavy atom. The monoisotopic (exact) mass is 353 g/mol. The standard InChI is InChI=1S/C18H27NO4S/c1-18(2,3)15-7-5-14(6-8-15)17(20)19(10-11-23-4)16-9-12-24(21,22)13-16/h5-8,16H,9-13H2,1-4H3/t16-/m0/s1. The number of amides is 1. The summed E-state index contributed by atoms with van der Waals surface area (Å²) in [5.41, 5.74) is 1.77. The molecule has 0 saturated carbocycles. The molecular formula is C18H27NO4S. The van der Waals surface area contributed by atoms with Gasteiger partial charge >= 0.3 is 0 Å². The highest BCUT2D eigenvalue weighted by molar-refractivity contribution is 7.91. The first-order chi connectivity index (χ1) is 11.1. The SMILES string of the molecule is COCCN(C(=O)c1ccc(C(C)(C)C)cc1)[C@H]1CCS(=O)(=O)C1. The number of benzene rings is 1. The molecule has 0 aliphatic carbocycles. The molecule has 1 aliphatic rings. The number of ether oxygens (including phenoxy) is 1. The molecule has 1 fully saturated rings. The van der Waals surface area contributed by atoms with Gasteiger partial charge in [0.1, 0.15) is 0 Å². The van der Waals surface area contributed by atoms with Gasteiger partial charge in [-0.3, -0.25) is 4.79 Å². The van der Waals surface area contributed by atoms with Crippen LogP contribution in [0.1, 0.15) is 43.1 Å². The van der Waals surface area contributed by atoms with E-state index in [0.29, 0.717) is 25.1 Å². The largest absolute Gasteiger partial charge is 0.383 e. The lowest BCUT2D eigenvalue weighted by molar-refractivity contribution is 0.0624. The second-order valence-corrected chi connectivity index (χ2v) is 9.60. The first-order valence-electron chi connectivity index (χ1n) is 8.25. The van der Waals surface area contributed by atoms with Crippen molar-refractivity contribution < 1.29 is 17.9 Å². The Hall–Kier alpha value is -1.40. The van der Waals surface area contributed by atoms with Crippen molar-refractivity contribution in [1.29, 1.82) is 0 Å². The van der Waals surface area contributed by atoms with E-state index >= 15 is 0 Å². The topological polar surface area (TPSA) is 63.7 Å². The third-order valence-electron chi connectivity index (χ3n) is 4.44. The molecule has 0 unspecified atom stereocenters. The summed E-state index contributed by atoms with van der Waals surface area (Å²) in [5.74, 6) is 0.0644. The Morgan fingerprint density at radius 1 is 1.25 bits per heavy atom. The van der Waals surface area contributed by atoms with Crippen LogP contribution in [0.4, 0.5) is 0 Å². The number of sulfone groups is 1. The van der Waals surface area contributed by atoms with E-state index in [4.69, 9.17) is 4.74 Å². The summed E-state index contributed by atoms with van der Waals surface area (Å²) in [5, 5.41) is 0. The van der Waals surface area contributed by atoms with Gasteiger partial charge in [0.15, 0.2) is 9.84 Å². The minimum Gasteiger partial charge on any atom is -0.383 e. The molecule has 0 bridgehead atoms. The minimum atomic E-state index is -3.04. The van der Waals surface area contributed by atoms with Gasteiger partial charge in [0.2, 0.25) is 0 Å². The van der Waals surface area contributed by atoms with E-state index in [1.54, 1.807) is 12.0 Å². The summed E-state index contributed by atoms with van der Waals surface area (Å²) in [4.78, 5) is 14.5. The van der Waals surface area contributed by atoms with Crippen molar-refractivity contribution in [3.05, 3.63) is 35.4 Å². The summed E-state index contributed by atoms with van der Waals surface area (Å²) >= 11 is 0. The minimum absolute atomic E-state index is 0.0246. The predicted molar refractivity (Wildman–Crippen MR) is 95.1 cm³/mol. The second-order valence-electron chi connectivity index (χ2n) is 7.38. The lowest BCUT2D eigenvalue weighted by Gasteiger charge is -2.28. The van der Waals surface area contributed by atoms with Gasteiger partial charge in [-0.05, 0) is 29.5 Å². The van der Waals surface area contributed by atoms with Crippen molar-refractivity contribution in [2.75, 3.05) is 31.8 Å². The molecule has 134 valence electrons. The fourth-order valence-corrected chi connectivity index (χ4v) is 4.67. The zero-order valence-electron chi connectivity index (χ0n) is 14.9. The number of hydrogen-bond acceptors (Lipinski definition) is 4. The normalized spacial score (nSPS) is 20.1. The van der Waals surface area contributed by atoms with E-state index in [0.717, 1.165) is 5.56 Å². The highest BCUT2D eigenvalue weighted by Gasteiger charge is 2.34. The summed E-state index contributed by atoms with van der Waals surface area (Å²) in [6, 6.07) is 7.32. The van der Waals surface area contributed by atoms with E-state index in [9.17, 15) is 13.2 Å². The predicted octanol–water partition coefficient (Wildman–Crippen LogP) is 2.26. The van der Waals surface area contributed by atoms with Crippen molar-refractivity contribution >= 4 is 15.7 Å². The summed E-state index contributed by atoms with van der Waals surface area (Å²) in [6.07, 6.45) is 0.498. The maximum atomic E-state index is 12.9. The first-order valence-corrected chi connectivity index (χ1v) is 10.1. The molecule has 24 heavy (non-hydrogen) atoms. The van der Waals surface area contributed by atoms with Crippen LogP contribution in [-0.2, 0) is 20.0 Å². The van der Waals surface area contributed by atoms with Gasteiger partial charge in [-0.1, -0.05) is 32.9 Å². The average Bonchev–Trinajstić information content (AvgIpc) is 2.86. The summed E-state index contributed by atoms with van der Waals surface area (Å²) in [6.45, 7) is 7.16. The molecule has 2 rings (SSSR count). The molecule has 1 aromatic rings. The molecule has 0 radical (unpaired) electrons. The molecule has 0 spiro atoms. The smallest absolute Gasteiger partial charge is 0.254 e. The summed E-state index contributed by atoms with van der Waals surface area (Å²) < 4.78 is 28.6. The third kappa shape index (κ3) is 4.57. The van der Waals surface area contributed by atoms with Crippen molar-refractivity contribution in [2.45, 2.75) is 38.6 Å². The van der Waals surface area contributed by atoms with Crippen molar-refractivity contribution in [1.82, 2.24) is 4.90 Å². The van der Waals surface area contributed by atoms with Crippen LogP contribution in [0, 0.1) is 0 Å². The maximum absolute atomic E-state index is 12.9. The molecular weight excluding hydrogens is 326 g/mol.